The quantitative estimate of drug-likeness (QED) is 0.915. The molecule has 1 aromatic heterocycles. The molecule has 0 fully saturated rings. The van der Waals surface area contributed by atoms with E-state index in [9.17, 15) is 13.2 Å². The molecular weight excluding hydrogens is 267 g/mol. The van der Waals surface area contributed by atoms with Gasteiger partial charge in [0, 0.05) is 17.9 Å². The molecule has 0 bridgehead atoms. The second kappa shape index (κ2) is 5.56. The molecule has 0 spiro atoms. The second-order valence-electron chi connectivity index (χ2n) is 4.78. The van der Waals surface area contributed by atoms with Gasteiger partial charge in [0.05, 0.1) is 17.8 Å². The van der Waals surface area contributed by atoms with Crippen molar-refractivity contribution >= 4 is 5.69 Å². The van der Waals surface area contributed by atoms with Crippen LogP contribution in [0.25, 0.3) is 0 Å². The van der Waals surface area contributed by atoms with Gasteiger partial charge >= 0.3 is 6.18 Å². The van der Waals surface area contributed by atoms with E-state index in [4.69, 9.17) is 0 Å². The Balaban J connectivity index is 2.11. The van der Waals surface area contributed by atoms with Crippen LogP contribution in [-0.4, -0.2) is 9.78 Å². The molecule has 1 heterocycles. The van der Waals surface area contributed by atoms with Crippen molar-refractivity contribution in [1.29, 1.82) is 0 Å². The number of anilines is 1. The zero-order valence-corrected chi connectivity index (χ0v) is 11.3. The first-order chi connectivity index (χ1) is 9.38. The van der Waals surface area contributed by atoms with Crippen molar-refractivity contribution < 1.29 is 13.2 Å². The number of halogens is 3. The molecule has 0 unspecified atom stereocenters. The fraction of sp³-hybridized carbons (Fsp3) is 0.357. The Kier molecular flexibility index (Phi) is 4.01. The van der Waals surface area contributed by atoms with E-state index >= 15 is 0 Å². The second-order valence-corrected chi connectivity index (χ2v) is 4.78. The van der Waals surface area contributed by atoms with Gasteiger partial charge in [-0.05, 0) is 32.0 Å². The molecule has 0 saturated carbocycles. The predicted octanol–water partition coefficient (Wildman–Crippen LogP) is 4.09. The number of alkyl halides is 3. The average molecular weight is 283 g/mol. The zero-order chi connectivity index (χ0) is 14.8. The van der Waals surface area contributed by atoms with Crippen LogP contribution in [0.4, 0.5) is 18.9 Å². The van der Waals surface area contributed by atoms with Crippen LogP contribution in [-0.2, 0) is 12.7 Å². The maximum atomic E-state index is 12.8. The van der Waals surface area contributed by atoms with Crippen molar-refractivity contribution in [1.82, 2.24) is 9.78 Å². The Bertz CT molecular complexity index is 573. The van der Waals surface area contributed by atoms with E-state index in [1.165, 1.54) is 12.1 Å². The molecule has 6 heteroatoms. The third-order valence-corrected chi connectivity index (χ3v) is 2.89. The van der Waals surface area contributed by atoms with E-state index in [2.05, 4.69) is 10.4 Å². The third-order valence-electron chi connectivity index (χ3n) is 2.89. The van der Waals surface area contributed by atoms with Gasteiger partial charge in [0.25, 0.3) is 0 Å². The molecule has 3 nitrogen and oxygen atoms in total. The Labute approximate surface area is 115 Å². The van der Waals surface area contributed by atoms with Crippen LogP contribution < -0.4 is 5.32 Å². The molecule has 0 atom stereocenters. The van der Waals surface area contributed by atoms with Crippen molar-refractivity contribution in [3.05, 3.63) is 47.8 Å². The lowest BCUT2D eigenvalue weighted by Gasteiger charge is -2.13. The Hall–Kier alpha value is -1.98. The van der Waals surface area contributed by atoms with Crippen molar-refractivity contribution in [2.45, 2.75) is 32.6 Å². The SMILES string of the molecule is CC(C)n1ccc(CNc2ccccc2C(F)(F)F)n1. The van der Waals surface area contributed by atoms with E-state index in [1.54, 1.807) is 16.8 Å². The van der Waals surface area contributed by atoms with E-state index in [-0.39, 0.29) is 18.3 Å². The first-order valence-electron chi connectivity index (χ1n) is 6.32. The molecule has 2 rings (SSSR count). The van der Waals surface area contributed by atoms with Gasteiger partial charge in [-0.25, -0.2) is 0 Å². The molecule has 20 heavy (non-hydrogen) atoms. The molecule has 108 valence electrons. The summed E-state index contributed by atoms with van der Waals surface area (Å²) in [6.45, 7) is 4.24. The lowest BCUT2D eigenvalue weighted by atomic mass is 10.1. The molecule has 0 saturated heterocycles. The summed E-state index contributed by atoms with van der Waals surface area (Å²) in [5.41, 5.74) is 0.109. The Morgan fingerprint density at radius 1 is 1.20 bits per heavy atom. The molecule has 1 N–H and O–H groups in total. The van der Waals surface area contributed by atoms with Crippen LogP contribution in [0.15, 0.2) is 36.5 Å². The topological polar surface area (TPSA) is 29.9 Å². The van der Waals surface area contributed by atoms with Gasteiger partial charge in [-0.3, -0.25) is 4.68 Å². The van der Waals surface area contributed by atoms with Crippen LogP contribution in [0.5, 0.6) is 0 Å². The summed E-state index contributed by atoms with van der Waals surface area (Å²) in [7, 11) is 0. The summed E-state index contributed by atoms with van der Waals surface area (Å²) in [5, 5.41) is 7.08. The number of hydrogen-bond donors (Lipinski definition) is 1. The van der Waals surface area contributed by atoms with Crippen molar-refractivity contribution in [2.75, 3.05) is 5.32 Å². The largest absolute Gasteiger partial charge is 0.418 e. The Morgan fingerprint density at radius 3 is 2.50 bits per heavy atom. The maximum absolute atomic E-state index is 12.8. The monoisotopic (exact) mass is 283 g/mol. The molecule has 2 aromatic rings. The highest BCUT2D eigenvalue weighted by atomic mass is 19.4. The van der Waals surface area contributed by atoms with Crippen LogP contribution >= 0.6 is 0 Å². The lowest BCUT2D eigenvalue weighted by molar-refractivity contribution is -0.136. The summed E-state index contributed by atoms with van der Waals surface area (Å²) < 4.78 is 40.2. The first kappa shape index (κ1) is 14.4. The zero-order valence-electron chi connectivity index (χ0n) is 11.3. The number of hydrogen-bond acceptors (Lipinski definition) is 2. The smallest absolute Gasteiger partial charge is 0.379 e. The minimum Gasteiger partial charge on any atom is -0.379 e. The highest BCUT2D eigenvalue weighted by molar-refractivity contribution is 5.52. The van der Waals surface area contributed by atoms with Gasteiger partial charge in [-0.15, -0.1) is 0 Å². The summed E-state index contributed by atoms with van der Waals surface area (Å²) in [6, 6.07) is 7.46. The molecule has 0 amide bonds. The molecule has 0 aliphatic heterocycles. The molecular formula is C14H16F3N3. The highest BCUT2D eigenvalue weighted by Crippen LogP contribution is 2.34. The van der Waals surface area contributed by atoms with Gasteiger partial charge in [0.15, 0.2) is 0 Å². The van der Waals surface area contributed by atoms with Crippen LogP contribution in [0, 0.1) is 0 Å². The number of benzene rings is 1. The van der Waals surface area contributed by atoms with Gasteiger partial charge in [-0.1, -0.05) is 12.1 Å². The van der Waals surface area contributed by atoms with E-state index in [0.717, 1.165) is 6.07 Å². The van der Waals surface area contributed by atoms with Crippen LogP contribution in [0.3, 0.4) is 0 Å². The fourth-order valence-corrected chi connectivity index (χ4v) is 1.83. The number of nitrogens with one attached hydrogen (secondary N) is 1. The molecule has 0 radical (unpaired) electrons. The van der Waals surface area contributed by atoms with E-state index in [1.807, 2.05) is 20.0 Å². The lowest BCUT2D eigenvalue weighted by Crippen LogP contribution is -2.11. The number of para-hydroxylation sites is 1. The van der Waals surface area contributed by atoms with Crippen LogP contribution in [0.2, 0.25) is 0 Å². The molecule has 1 aromatic carbocycles. The number of rotatable bonds is 4. The van der Waals surface area contributed by atoms with Crippen molar-refractivity contribution in [2.24, 2.45) is 0 Å². The van der Waals surface area contributed by atoms with Crippen molar-refractivity contribution in [3.63, 3.8) is 0 Å². The summed E-state index contributed by atoms with van der Waals surface area (Å²) in [5.74, 6) is 0. The van der Waals surface area contributed by atoms with Gasteiger partial charge in [0.2, 0.25) is 0 Å². The van der Waals surface area contributed by atoms with Gasteiger partial charge in [0.1, 0.15) is 0 Å². The Morgan fingerprint density at radius 2 is 1.90 bits per heavy atom. The summed E-state index contributed by atoms with van der Waals surface area (Å²) in [6.07, 6.45) is -2.54. The van der Waals surface area contributed by atoms with E-state index in [0.29, 0.717) is 5.69 Å². The number of aromatic nitrogens is 2. The first-order valence-corrected chi connectivity index (χ1v) is 6.32. The average Bonchev–Trinajstić information content (AvgIpc) is 2.84. The minimum atomic E-state index is -4.36. The fourth-order valence-electron chi connectivity index (χ4n) is 1.83. The normalized spacial score (nSPS) is 11.9. The van der Waals surface area contributed by atoms with E-state index < -0.39 is 11.7 Å². The number of nitrogens with zero attached hydrogens (tertiary/aromatic N) is 2. The molecule has 0 aliphatic rings. The van der Waals surface area contributed by atoms with Crippen molar-refractivity contribution in [3.8, 4) is 0 Å². The predicted molar refractivity (Wildman–Crippen MR) is 71.4 cm³/mol. The third kappa shape index (κ3) is 3.31. The minimum absolute atomic E-state index is 0.0686. The standard InChI is InChI=1S/C14H16F3N3/c1-10(2)20-8-7-11(19-20)9-18-13-6-4-3-5-12(13)14(15,16)17/h3-8,10,18H,9H2,1-2H3. The summed E-state index contributed by atoms with van der Waals surface area (Å²) in [4.78, 5) is 0. The van der Waals surface area contributed by atoms with Gasteiger partial charge < -0.3 is 5.32 Å². The van der Waals surface area contributed by atoms with Gasteiger partial charge in [-0.2, -0.15) is 18.3 Å². The highest BCUT2D eigenvalue weighted by Gasteiger charge is 2.33. The molecule has 0 aliphatic carbocycles. The summed E-state index contributed by atoms with van der Waals surface area (Å²) >= 11 is 0. The van der Waals surface area contributed by atoms with Crippen LogP contribution in [0.1, 0.15) is 31.1 Å². The maximum Gasteiger partial charge on any atom is 0.418 e.